The zero-order valence-corrected chi connectivity index (χ0v) is 11.6. The summed E-state index contributed by atoms with van der Waals surface area (Å²) in [5.74, 6) is -1.19. The minimum atomic E-state index is -1.17. The number of urea groups is 1. The predicted octanol–water partition coefficient (Wildman–Crippen LogP) is -1.01. The molecule has 0 saturated carbocycles. The Morgan fingerprint density at radius 2 is 1.95 bits per heavy atom. The first-order chi connectivity index (χ1) is 9.31. The van der Waals surface area contributed by atoms with E-state index < -0.39 is 24.1 Å². The number of nitrogens with one attached hydrogen (secondary N) is 2. The van der Waals surface area contributed by atoms with E-state index in [1.807, 2.05) is 13.8 Å². The van der Waals surface area contributed by atoms with Crippen LogP contribution >= 0.6 is 0 Å². The van der Waals surface area contributed by atoms with Gasteiger partial charge in [0.15, 0.2) is 0 Å². The molecule has 0 aromatic rings. The van der Waals surface area contributed by atoms with Crippen LogP contribution in [0.2, 0.25) is 0 Å². The summed E-state index contributed by atoms with van der Waals surface area (Å²) in [4.78, 5) is 35.2. The zero-order chi connectivity index (χ0) is 15.3. The van der Waals surface area contributed by atoms with E-state index in [9.17, 15) is 19.5 Å². The Kier molecular flexibility index (Phi) is 5.75. The maximum atomic E-state index is 11.8. The molecule has 0 aliphatic carbocycles. The molecule has 8 heteroatoms. The summed E-state index contributed by atoms with van der Waals surface area (Å²) in [6.07, 6.45) is -0.848. The van der Waals surface area contributed by atoms with Crippen molar-refractivity contribution in [2.45, 2.75) is 32.4 Å². The number of hydrogen-bond acceptors (Lipinski definition) is 4. The highest BCUT2D eigenvalue weighted by Gasteiger charge is 2.38. The molecule has 20 heavy (non-hydrogen) atoms. The number of aliphatic hydroxyl groups is 1. The second kappa shape index (κ2) is 7.09. The van der Waals surface area contributed by atoms with Gasteiger partial charge in [0.05, 0.1) is 12.6 Å². The third-order valence-electron chi connectivity index (χ3n) is 2.93. The van der Waals surface area contributed by atoms with E-state index in [-0.39, 0.29) is 25.4 Å². The molecule has 1 fully saturated rings. The Hall–Kier alpha value is -1.83. The summed E-state index contributed by atoms with van der Waals surface area (Å²) >= 11 is 0. The maximum Gasteiger partial charge on any atom is 0.326 e. The van der Waals surface area contributed by atoms with Crippen LogP contribution in [0.5, 0.6) is 0 Å². The lowest BCUT2D eigenvalue weighted by atomic mass is 10.2. The molecule has 8 nitrogen and oxygen atoms in total. The first-order valence-corrected chi connectivity index (χ1v) is 6.53. The van der Waals surface area contributed by atoms with Gasteiger partial charge in [0.2, 0.25) is 5.91 Å². The number of aliphatic hydroxyl groups excluding tert-OH is 1. The van der Waals surface area contributed by atoms with E-state index in [4.69, 9.17) is 5.11 Å². The summed E-state index contributed by atoms with van der Waals surface area (Å²) in [7, 11) is 0. The number of carbonyl (C=O) groups excluding carboxylic acids is 2. The van der Waals surface area contributed by atoms with Crippen molar-refractivity contribution < 1.29 is 24.6 Å². The number of hydrogen-bond donors (Lipinski definition) is 4. The number of nitrogens with zero attached hydrogens (tertiary/aromatic N) is 1. The topological polar surface area (TPSA) is 119 Å². The van der Waals surface area contributed by atoms with E-state index in [1.165, 1.54) is 0 Å². The van der Waals surface area contributed by atoms with Gasteiger partial charge in [-0.05, 0) is 5.92 Å². The normalized spacial score (nSPS) is 21.9. The van der Waals surface area contributed by atoms with E-state index in [1.54, 1.807) is 0 Å². The molecule has 114 valence electrons. The molecule has 1 saturated heterocycles. The van der Waals surface area contributed by atoms with E-state index in [2.05, 4.69) is 10.6 Å². The first kappa shape index (κ1) is 16.2. The molecule has 0 aromatic heterocycles. The van der Waals surface area contributed by atoms with Gasteiger partial charge in [0.25, 0.3) is 0 Å². The Labute approximate surface area is 117 Å². The number of amides is 3. The molecular weight excluding hydrogens is 266 g/mol. The van der Waals surface area contributed by atoms with Crippen LogP contribution in [0.1, 0.15) is 20.3 Å². The molecule has 1 heterocycles. The van der Waals surface area contributed by atoms with Crippen molar-refractivity contribution in [2.24, 2.45) is 5.92 Å². The predicted molar refractivity (Wildman–Crippen MR) is 70.0 cm³/mol. The summed E-state index contributed by atoms with van der Waals surface area (Å²) in [5.41, 5.74) is 0. The van der Waals surface area contributed by atoms with Gasteiger partial charge in [0, 0.05) is 19.5 Å². The third-order valence-corrected chi connectivity index (χ3v) is 2.93. The molecule has 1 aliphatic rings. The van der Waals surface area contributed by atoms with Crippen molar-refractivity contribution in [2.75, 3.05) is 19.6 Å². The molecule has 0 bridgehead atoms. The second-order valence-electron chi connectivity index (χ2n) is 5.25. The molecule has 0 aromatic carbocycles. The lowest BCUT2D eigenvalue weighted by Crippen LogP contribution is -2.48. The van der Waals surface area contributed by atoms with Gasteiger partial charge < -0.3 is 25.7 Å². The highest BCUT2D eigenvalue weighted by molar-refractivity contribution is 5.87. The van der Waals surface area contributed by atoms with Crippen LogP contribution in [0.25, 0.3) is 0 Å². The fourth-order valence-corrected chi connectivity index (χ4v) is 1.91. The van der Waals surface area contributed by atoms with Crippen LogP contribution in [0.4, 0.5) is 4.79 Å². The number of aliphatic carboxylic acids is 1. The monoisotopic (exact) mass is 287 g/mol. The minimum Gasteiger partial charge on any atom is -0.480 e. The second-order valence-corrected chi connectivity index (χ2v) is 5.25. The molecule has 1 aliphatic heterocycles. The lowest BCUT2D eigenvalue weighted by molar-refractivity contribution is -0.141. The fraction of sp³-hybridized carbons (Fsp3) is 0.750. The van der Waals surface area contributed by atoms with Crippen LogP contribution < -0.4 is 10.6 Å². The summed E-state index contributed by atoms with van der Waals surface area (Å²) < 4.78 is 0. The highest BCUT2D eigenvalue weighted by atomic mass is 16.4. The number of carboxylic acids is 1. The average molecular weight is 287 g/mol. The largest absolute Gasteiger partial charge is 0.480 e. The van der Waals surface area contributed by atoms with Crippen molar-refractivity contribution in [1.82, 2.24) is 15.5 Å². The zero-order valence-electron chi connectivity index (χ0n) is 11.6. The molecule has 0 unspecified atom stereocenters. The number of carboxylic acid groups (broad SMARTS) is 1. The van der Waals surface area contributed by atoms with E-state index in [0.717, 1.165) is 4.90 Å². The van der Waals surface area contributed by atoms with Crippen molar-refractivity contribution >= 4 is 17.9 Å². The van der Waals surface area contributed by atoms with Crippen molar-refractivity contribution in [1.29, 1.82) is 0 Å². The Bertz CT molecular complexity index is 385. The molecular formula is C12H21N3O5. The quantitative estimate of drug-likeness (QED) is 0.516. The van der Waals surface area contributed by atoms with Gasteiger partial charge in [-0.15, -0.1) is 0 Å². The SMILES string of the molecule is CC(C)CNC(=O)CNC(=O)N1C[C@H](O)C[C@H]1C(=O)O. The number of likely N-dealkylation sites (tertiary alicyclic amines) is 1. The van der Waals surface area contributed by atoms with E-state index in [0.29, 0.717) is 12.5 Å². The van der Waals surface area contributed by atoms with Gasteiger partial charge in [-0.2, -0.15) is 0 Å². The van der Waals surface area contributed by atoms with Gasteiger partial charge in [-0.3, -0.25) is 4.79 Å². The fourth-order valence-electron chi connectivity index (χ4n) is 1.91. The highest BCUT2D eigenvalue weighted by Crippen LogP contribution is 2.17. The lowest BCUT2D eigenvalue weighted by Gasteiger charge is -2.21. The minimum absolute atomic E-state index is 0.00228. The molecule has 4 N–H and O–H groups in total. The number of carbonyl (C=O) groups is 3. The molecule has 0 spiro atoms. The summed E-state index contributed by atoms with van der Waals surface area (Å²) in [6.45, 7) is 4.14. The standard InChI is InChI=1S/C12H21N3O5/c1-7(2)4-13-10(17)5-14-12(20)15-6-8(16)3-9(15)11(18)19/h7-9,16H,3-6H2,1-2H3,(H,13,17)(H,14,20)(H,18,19)/t8-,9+/m1/s1. The average Bonchev–Trinajstić information content (AvgIpc) is 2.75. The summed E-state index contributed by atoms with van der Waals surface area (Å²) in [5, 5.41) is 23.4. The first-order valence-electron chi connectivity index (χ1n) is 6.53. The van der Waals surface area contributed by atoms with Gasteiger partial charge in [0.1, 0.15) is 6.04 Å². The maximum absolute atomic E-state index is 11.8. The Balaban J connectivity index is 2.42. The molecule has 0 radical (unpaired) electrons. The van der Waals surface area contributed by atoms with Crippen LogP contribution in [-0.4, -0.2) is 64.8 Å². The summed E-state index contributed by atoms with van der Waals surface area (Å²) in [6, 6.07) is -1.71. The van der Waals surface area contributed by atoms with Crippen molar-refractivity contribution in [3.8, 4) is 0 Å². The molecule has 1 rings (SSSR count). The van der Waals surface area contributed by atoms with Crippen LogP contribution in [0.15, 0.2) is 0 Å². The van der Waals surface area contributed by atoms with E-state index >= 15 is 0 Å². The van der Waals surface area contributed by atoms with Crippen molar-refractivity contribution in [3.05, 3.63) is 0 Å². The number of β-amino-alcohol motifs (C(OH)–C–C–N with tert-alkyl or cyclic N) is 1. The molecule has 3 amide bonds. The number of rotatable bonds is 5. The van der Waals surface area contributed by atoms with Crippen LogP contribution in [0.3, 0.4) is 0 Å². The Morgan fingerprint density at radius 3 is 2.50 bits per heavy atom. The Morgan fingerprint density at radius 1 is 1.30 bits per heavy atom. The van der Waals surface area contributed by atoms with Crippen LogP contribution in [-0.2, 0) is 9.59 Å². The van der Waals surface area contributed by atoms with Gasteiger partial charge in [-0.1, -0.05) is 13.8 Å². The van der Waals surface area contributed by atoms with Crippen molar-refractivity contribution in [3.63, 3.8) is 0 Å². The van der Waals surface area contributed by atoms with Crippen LogP contribution in [0, 0.1) is 5.92 Å². The third kappa shape index (κ3) is 4.69. The molecule has 2 atom stereocenters. The van der Waals surface area contributed by atoms with Gasteiger partial charge >= 0.3 is 12.0 Å². The van der Waals surface area contributed by atoms with Gasteiger partial charge in [-0.25, -0.2) is 9.59 Å². The smallest absolute Gasteiger partial charge is 0.326 e.